The molecule has 2 rings (SSSR count). The largest absolute Gasteiger partial charge is 0.306 e. The van der Waals surface area contributed by atoms with E-state index in [9.17, 15) is 0 Å². The van der Waals surface area contributed by atoms with Crippen molar-refractivity contribution in [3.8, 4) is 0 Å². The van der Waals surface area contributed by atoms with Crippen LogP contribution in [-0.2, 0) is 0 Å². The Morgan fingerprint density at radius 1 is 1.67 bits per heavy atom. The second kappa shape index (κ2) is 1.58. The number of hydrazine groups is 2. The second-order valence-electron chi connectivity index (χ2n) is 2.24. The Kier molecular flexibility index (Phi) is 0.882. The Morgan fingerprint density at radius 2 is 2.56 bits per heavy atom. The van der Waals surface area contributed by atoms with Crippen LogP contribution in [0.3, 0.4) is 0 Å². The fourth-order valence-electron chi connectivity index (χ4n) is 0.968. The fraction of sp³-hybridized carbons (Fsp3) is 0.750. The highest BCUT2D eigenvalue weighted by Gasteiger charge is 2.44. The highest BCUT2D eigenvalue weighted by atomic mass is 15.8. The molecule has 0 spiro atoms. The maximum Gasteiger partial charge on any atom is 0.124 e. The number of hydrogen-bond donors (Lipinski definition) is 3. The lowest BCUT2D eigenvalue weighted by molar-refractivity contribution is 0.409. The van der Waals surface area contributed by atoms with E-state index in [-0.39, 0.29) is 0 Å². The van der Waals surface area contributed by atoms with Gasteiger partial charge in [0.05, 0.1) is 6.04 Å². The van der Waals surface area contributed by atoms with Crippen molar-refractivity contribution in [2.24, 2.45) is 5.10 Å². The fourth-order valence-corrected chi connectivity index (χ4v) is 0.968. The molecule has 0 amide bonds. The molecule has 3 unspecified atom stereocenters. The average molecular weight is 127 g/mol. The molecule has 2 aliphatic heterocycles. The van der Waals surface area contributed by atoms with Crippen LogP contribution in [0.15, 0.2) is 5.10 Å². The van der Waals surface area contributed by atoms with Crippen LogP contribution < -0.4 is 16.4 Å². The molecule has 0 aromatic rings. The van der Waals surface area contributed by atoms with Gasteiger partial charge in [-0.3, -0.25) is 0 Å². The Morgan fingerprint density at radius 3 is 3.44 bits per heavy atom. The summed E-state index contributed by atoms with van der Waals surface area (Å²) in [6.07, 6.45) is 2.02. The molecule has 0 aromatic carbocycles. The monoisotopic (exact) mass is 127 g/mol. The third-order valence-corrected chi connectivity index (χ3v) is 1.65. The van der Waals surface area contributed by atoms with Gasteiger partial charge < -0.3 is 5.43 Å². The zero-order valence-corrected chi connectivity index (χ0v) is 5.13. The molecule has 2 aliphatic rings. The van der Waals surface area contributed by atoms with Crippen LogP contribution in [0.5, 0.6) is 0 Å². The topological polar surface area (TPSA) is 51.5 Å². The molecule has 0 saturated carbocycles. The zero-order valence-electron chi connectivity index (χ0n) is 5.13. The van der Waals surface area contributed by atoms with Gasteiger partial charge in [0.1, 0.15) is 12.5 Å². The molecule has 1 saturated heterocycles. The number of rotatable bonds is 0. The zero-order chi connectivity index (χ0) is 6.27. The van der Waals surface area contributed by atoms with Gasteiger partial charge in [-0.2, -0.15) is 15.5 Å². The number of hydrogen-bond acceptors (Lipinski definition) is 5. The first kappa shape index (κ1) is 5.01. The van der Waals surface area contributed by atoms with Crippen molar-refractivity contribution in [2.75, 3.05) is 0 Å². The lowest BCUT2D eigenvalue weighted by Gasteiger charge is -1.94. The molecule has 5 nitrogen and oxygen atoms in total. The van der Waals surface area contributed by atoms with E-state index in [4.69, 9.17) is 0 Å². The van der Waals surface area contributed by atoms with E-state index in [2.05, 4.69) is 33.4 Å². The van der Waals surface area contributed by atoms with E-state index in [0.29, 0.717) is 12.2 Å². The molecule has 0 bridgehead atoms. The van der Waals surface area contributed by atoms with E-state index >= 15 is 0 Å². The van der Waals surface area contributed by atoms with E-state index in [1.165, 1.54) is 0 Å². The minimum absolute atomic E-state index is 0.396. The number of nitrogens with one attached hydrogen (secondary N) is 3. The summed E-state index contributed by atoms with van der Waals surface area (Å²) >= 11 is 0. The number of hydrazone groups is 1. The van der Waals surface area contributed by atoms with Gasteiger partial charge in [0.25, 0.3) is 0 Å². The Labute approximate surface area is 53.0 Å². The molecule has 3 N–H and O–H groups in total. The quantitative estimate of drug-likeness (QED) is 0.349. The van der Waals surface area contributed by atoms with E-state index < -0.39 is 0 Å². The lowest BCUT2D eigenvalue weighted by atomic mass is 10.5. The summed E-state index contributed by atoms with van der Waals surface area (Å²) in [5, 5.41) is 5.81. The number of fused-ring (bicyclic) bond motifs is 1. The standard InChI is InChI=1S/C4H9N5/c1-3-4-7-8-5-2-6-9(3)4/h2-4,7-8H,1H3,(H,5,6). The van der Waals surface area contributed by atoms with Crippen molar-refractivity contribution in [1.29, 1.82) is 0 Å². The van der Waals surface area contributed by atoms with Crippen LogP contribution in [-0.4, -0.2) is 23.6 Å². The highest BCUT2D eigenvalue weighted by molar-refractivity contribution is 5.53. The molecule has 9 heavy (non-hydrogen) atoms. The van der Waals surface area contributed by atoms with E-state index in [1.54, 1.807) is 6.34 Å². The van der Waals surface area contributed by atoms with Crippen LogP contribution in [0.1, 0.15) is 6.92 Å². The Hall–Kier alpha value is -0.810. The molecular formula is C4H9N5. The van der Waals surface area contributed by atoms with Gasteiger partial charge in [0.2, 0.25) is 0 Å². The van der Waals surface area contributed by atoms with Gasteiger partial charge in [0.15, 0.2) is 0 Å². The van der Waals surface area contributed by atoms with Crippen LogP contribution in [0, 0.1) is 0 Å². The third-order valence-electron chi connectivity index (χ3n) is 1.65. The van der Waals surface area contributed by atoms with Gasteiger partial charge in [-0.25, -0.2) is 5.53 Å². The van der Waals surface area contributed by atoms with Crippen molar-refractivity contribution < 1.29 is 0 Å². The van der Waals surface area contributed by atoms with Crippen molar-refractivity contribution >= 4 is 6.34 Å². The van der Waals surface area contributed by atoms with Crippen LogP contribution in [0.2, 0.25) is 0 Å². The Bertz CT molecular complexity index is 144. The van der Waals surface area contributed by atoms with E-state index in [1.807, 2.05) is 0 Å². The maximum absolute atomic E-state index is 3.75. The normalized spacial score (nSPS) is 46.1. The smallest absolute Gasteiger partial charge is 0.124 e. The summed E-state index contributed by atoms with van der Waals surface area (Å²) in [5.74, 6) is 0. The summed E-state index contributed by atoms with van der Waals surface area (Å²) in [5.41, 5.74) is 8.65. The van der Waals surface area contributed by atoms with Crippen LogP contribution in [0.25, 0.3) is 0 Å². The first-order valence-electron chi connectivity index (χ1n) is 2.96. The lowest BCUT2D eigenvalue weighted by Crippen LogP contribution is -2.31. The molecule has 1 fully saturated rings. The first-order chi connectivity index (χ1) is 4.39. The summed E-state index contributed by atoms with van der Waals surface area (Å²) in [4.78, 5) is 0. The van der Waals surface area contributed by atoms with Gasteiger partial charge in [-0.1, -0.05) is 0 Å². The van der Waals surface area contributed by atoms with Crippen molar-refractivity contribution in [1.82, 2.24) is 21.4 Å². The van der Waals surface area contributed by atoms with Crippen molar-refractivity contribution in [3.63, 3.8) is 0 Å². The minimum Gasteiger partial charge on any atom is -0.306 e. The van der Waals surface area contributed by atoms with Crippen molar-refractivity contribution in [3.05, 3.63) is 0 Å². The maximum atomic E-state index is 3.75. The van der Waals surface area contributed by atoms with Gasteiger partial charge in [-0.15, -0.1) is 0 Å². The second-order valence-corrected chi connectivity index (χ2v) is 2.24. The summed E-state index contributed by atoms with van der Waals surface area (Å²) in [7, 11) is 0. The summed E-state index contributed by atoms with van der Waals surface area (Å²) in [6, 6.07) is 0.559. The Balaban J connectivity index is 2.01. The molecular weight excluding hydrogens is 118 g/mol. The van der Waals surface area contributed by atoms with Crippen LogP contribution in [0.4, 0.5) is 0 Å². The molecule has 0 aromatic heterocycles. The molecule has 50 valence electrons. The van der Waals surface area contributed by atoms with Gasteiger partial charge in [-0.05, 0) is 6.92 Å². The van der Waals surface area contributed by atoms with Gasteiger partial charge >= 0.3 is 0 Å². The molecule has 0 aliphatic carbocycles. The number of nitrogens with zero attached hydrogens (tertiary/aromatic N) is 2. The van der Waals surface area contributed by atoms with Crippen LogP contribution >= 0.6 is 0 Å². The van der Waals surface area contributed by atoms with E-state index in [0.717, 1.165) is 0 Å². The SMILES string of the molecule is CC1C2NNN=CNN12. The summed E-state index contributed by atoms with van der Waals surface area (Å²) in [6.45, 7) is 2.13. The highest BCUT2D eigenvalue weighted by Crippen LogP contribution is 2.20. The third kappa shape index (κ3) is 0.655. The predicted octanol–water partition coefficient (Wildman–Crippen LogP) is -1.43. The molecule has 2 heterocycles. The first-order valence-corrected chi connectivity index (χ1v) is 2.96. The molecule has 0 radical (unpaired) electrons. The molecule has 3 atom stereocenters. The predicted molar refractivity (Wildman–Crippen MR) is 33.0 cm³/mol. The average Bonchev–Trinajstić information content (AvgIpc) is 2.51. The summed E-state index contributed by atoms with van der Waals surface area (Å²) < 4.78 is 0. The molecule has 5 heteroatoms. The van der Waals surface area contributed by atoms with Gasteiger partial charge in [0, 0.05) is 0 Å². The van der Waals surface area contributed by atoms with Crippen molar-refractivity contribution in [2.45, 2.75) is 19.1 Å². The minimum atomic E-state index is 0.396.